The van der Waals surface area contributed by atoms with Crippen LogP contribution >= 0.6 is 0 Å². The summed E-state index contributed by atoms with van der Waals surface area (Å²) >= 11 is 0. The van der Waals surface area contributed by atoms with Crippen LogP contribution in [-0.2, 0) is 12.7 Å². The lowest BCUT2D eigenvalue weighted by Gasteiger charge is -2.26. The molecule has 0 saturated carbocycles. The minimum absolute atomic E-state index is 0.0981. The van der Waals surface area contributed by atoms with E-state index in [0.717, 1.165) is 12.1 Å². The van der Waals surface area contributed by atoms with E-state index in [1.807, 2.05) is 0 Å². The van der Waals surface area contributed by atoms with Crippen molar-refractivity contribution in [1.29, 1.82) is 0 Å². The smallest absolute Gasteiger partial charge is 0.407 e. The van der Waals surface area contributed by atoms with Crippen LogP contribution in [0.4, 0.5) is 37.7 Å². The van der Waals surface area contributed by atoms with Crippen LogP contribution in [0, 0.1) is 6.57 Å². The molecule has 0 fully saturated rings. The number of anilines is 1. The highest BCUT2D eigenvalue weighted by atomic mass is 19.4. The molecule has 5 nitrogen and oxygen atoms in total. The van der Waals surface area contributed by atoms with E-state index in [2.05, 4.69) is 14.8 Å². The molecule has 3 rings (SSSR count). The molecular formula is C19H12F6N4O. The lowest BCUT2D eigenvalue weighted by Crippen LogP contribution is -2.33. The van der Waals surface area contributed by atoms with Crippen LogP contribution in [-0.4, -0.2) is 22.7 Å². The van der Waals surface area contributed by atoms with Crippen LogP contribution in [0.3, 0.4) is 0 Å². The highest BCUT2D eigenvalue weighted by molar-refractivity contribution is 5.62. The molecule has 0 aliphatic heterocycles. The number of furan rings is 1. The summed E-state index contributed by atoms with van der Waals surface area (Å²) in [5.41, 5.74) is -1.84. The number of nitrogens with zero attached hydrogens (tertiary/aromatic N) is 4. The summed E-state index contributed by atoms with van der Waals surface area (Å²) in [6.07, 6.45) is -5.38. The summed E-state index contributed by atoms with van der Waals surface area (Å²) in [6.45, 7) is 4.91. The van der Waals surface area contributed by atoms with Crippen LogP contribution in [0.1, 0.15) is 11.3 Å². The third-order valence-corrected chi connectivity index (χ3v) is 3.99. The van der Waals surface area contributed by atoms with Crippen molar-refractivity contribution in [1.82, 2.24) is 9.97 Å². The number of hydrogen-bond donors (Lipinski definition) is 0. The van der Waals surface area contributed by atoms with E-state index in [0.29, 0.717) is 22.3 Å². The van der Waals surface area contributed by atoms with Crippen molar-refractivity contribution in [3.05, 3.63) is 71.8 Å². The van der Waals surface area contributed by atoms with Crippen LogP contribution in [0.25, 0.3) is 16.2 Å². The van der Waals surface area contributed by atoms with Gasteiger partial charge in [0.15, 0.2) is 5.69 Å². The van der Waals surface area contributed by atoms with Gasteiger partial charge in [-0.1, -0.05) is 6.07 Å². The zero-order valence-corrected chi connectivity index (χ0v) is 15.0. The van der Waals surface area contributed by atoms with Gasteiger partial charge in [0.1, 0.15) is 24.4 Å². The SMILES string of the molecule is [C-]#[N+]c1ccc(N(Cc2ccc(-c3cncnc3)o2)CC(F)(F)F)cc1C(F)(F)F. The first kappa shape index (κ1) is 21.2. The molecule has 0 unspecified atom stereocenters. The van der Waals surface area contributed by atoms with E-state index in [1.54, 1.807) is 0 Å². The molecule has 1 aromatic carbocycles. The maximum Gasteiger partial charge on any atom is 0.407 e. The van der Waals surface area contributed by atoms with E-state index < -0.39 is 36.7 Å². The Labute approximate surface area is 166 Å². The summed E-state index contributed by atoms with van der Waals surface area (Å²) in [6, 6.07) is 5.35. The third-order valence-electron chi connectivity index (χ3n) is 3.99. The molecule has 0 radical (unpaired) electrons. The maximum atomic E-state index is 13.2. The van der Waals surface area contributed by atoms with E-state index in [1.165, 1.54) is 30.9 Å². The van der Waals surface area contributed by atoms with Crippen LogP contribution in [0.5, 0.6) is 0 Å². The van der Waals surface area contributed by atoms with Gasteiger partial charge in [-0.25, -0.2) is 14.8 Å². The molecule has 0 aliphatic rings. The quantitative estimate of drug-likeness (QED) is 0.378. The molecule has 0 saturated heterocycles. The molecule has 156 valence electrons. The second-order valence-electron chi connectivity index (χ2n) is 6.18. The Balaban J connectivity index is 1.95. The van der Waals surface area contributed by atoms with Crippen molar-refractivity contribution in [3.8, 4) is 11.3 Å². The standard InChI is InChI=1S/C19H12F6N4O/c1-26-16-4-2-13(6-15(16)19(23,24)25)29(10-18(20,21)22)9-14-3-5-17(30-14)12-7-27-11-28-8-12/h2-8,11H,9-10H2. The van der Waals surface area contributed by atoms with Gasteiger partial charge in [0.25, 0.3) is 0 Å². The van der Waals surface area contributed by atoms with Gasteiger partial charge >= 0.3 is 12.4 Å². The van der Waals surface area contributed by atoms with Crippen LogP contribution in [0.2, 0.25) is 0 Å². The summed E-state index contributed by atoms with van der Waals surface area (Å²) in [5, 5.41) is 0. The Hall–Kier alpha value is -3.55. The number of rotatable bonds is 5. The molecule has 2 aromatic heterocycles. The summed E-state index contributed by atoms with van der Waals surface area (Å²) < 4.78 is 84.4. The van der Waals surface area contributed by atoms with Gasteiger partial charge in [0.05, 0.1) is 24.2 Å². The number of hydrogen-bond acceptors (Lipinski definition) is 4. The van der Waals surface area contributed by atoms with Gasteiger partial charge in [0.2, 0.25) is 0 Å². The zero-order valence-electron chi connectivity index (χ0n) is 15.0. The van der Waals surface area contributed by atoms with Gasteiger partial charge in [-0.2, -0.15) is 26.3 Å². The Bertz CT molecular complexity index is 1050. The van der Waals surface area contributed by atoms with Crippen LogP contribution < -0.4 is 4.90 Å². The largest absolute Gasteiger partial charge is 0.459 e. The predicted octanol–water partition coefficient (Wildman–Crippen LogP) is 5.88. The summed E-state index contributed by atoms with van der Waals surface area (Å²) in [7, 11) is 0. The average Bonchev–Trinajstić information content (AvgIpc) is 3.14. The van der Waals surface area contributed by atoms with Gasteiger partial charge in [-0.15, -0.1) is 0 Å². The second-order valence-corrected chi connectivity index (χ2v) is 6.18. The lowest BCUT2D eigenvalue weighted by molar-refractivity contribution is -0.136. The van der Waals surface area contributed by atoms with Crippen molar-refractivity contribution in [2.24, 2.45) is 0 Å². The van der Waals surface area contributed by atoms with Gasteiger partial charge in [-0.05, 0) is 24.3 Å². The van der Waals surface area contributed by atoms with Crippen LogP contribution in [0.15, 0.2) is 53.5 Å². The van der Waals surface area contributed by atoms with Gasteiger partial charge in [-0.3, -0.25) is 0 Å². The fraction of sp³-hybridized carbons (Fsp3) is 0.211. The highest BCUT2D eigenvalue weighted by Crippen LogP contribution is 2.39. The van der Waals surface area contributed by atoms with Crippen molar-refractivity contribution in [3.63, 3.8) is 0 Å². The number of aromatic nitrogens is 2. The first-order valence-electron chi connectivity index (χ1n) is 8.31. The fourth-order valence-corrected chi connectivity index (χ4v) is 2.73. The molecule has 0 atom stereocenters. The number of benzene rings is 1. The first-order valence-corrected chi connectivity index (χ1v) is 8.31. The van der Waals surface area contributed by atoms with E-state index in [9.17, 15) is 26.3 Å². The number of alkyl halides is 6. The van der Waals surface area contributed by atoms with Gasteiger partial charge in [0, 0.05) is 18.1 Å². The molecule has 3 aromatic rings. The van der Waals surface area contributed by atoms with Crippen molar-refractivity contribution >= 4 is 11.4 Å². The monoisotopic (exact) mass is 426 g/mol. The second kappa shape index (κ2) is 8.06. The summed E-state index contributed by atoms with van der Waals surface area (Å²) in [4.78, 5) is 11.1. The predicted molar refractivity (Wildman–Crippen MR) is 94.5 cm³/mol. The zero-order chi connectivity index (χ0) is 21.9. The van der Waals surface area contributed by atoms with Crippen molar-refractivity contribution in [2.45, 2.75) is 18.9 Å². The Morgan fingerprint density at radius 3 is 2.30 bits per heavy atom. The molecule has 0 N–H and O–H groups in total. The average molecular weight is 426 g/mol. The minimum Gasteiger partial charge on any atom is -0.459 e. The van der Waals surface area contributed by atoms with Crippen molar-refractivity contribution < 1.29 is 30.8 Å². The molecule has 0 aliphatic carbocycles. The molecule has 30 heavy (non-hydrogen) atoms. The summed E-state index contributed by atoms with van der Waals surface area (Å²) in [5.74, 6) is 0.401. The topological polar surface area (TPSA) is 46.5 Å². The Kier molecular flexibility index (Phi) is 5.69. The van der Waals surface area contributed by atoms with Gasteiger partial charge < -0.3 is 9.32 Å². The molecule has 11 heteroatoms. The molecular weight excluding hydrogens is 414 g/mol. The maximum absolute atomic E-state index is 13.2. The molecule has 0 amide bonds. The lowest BCUT2D eigenvalue weighted by atomic mass is 10.1. The highest BCUT2D eigenvalue weighted by Gasteiger charge is 2.36. The Morgan fingerprint density at radius 1 is 1.00 bits per heavy atom. The molecule has 0 bridgehead atoms. The molecule has 0 spiro atoms. The van der Waals surface area contributed by atoms with E-state index >= 15 is 0 Å². The first-order chi connectivity index (χ1) is 14.1. The van der Waals surface area contributed by atoms with E-state index in [-0.39, 0.29) is 11.4 Å². The van der Waals surface area contributed by atoms with Crippen molar-refractivity contribution in [2.75, 3.05) is 11.4 Å². The normalized spacial score (nSPS) is 11.9. The molecule has 2 heterocycles. The number of halogens is 6. The van der Waals surface area contributed by atoms with E-state index in [4.69, 9.17) is 11.0 Å². The fourth-order valence-electron chi connectivity index (χ4n) is 2.73. The third kappa shape index (κ3) is 5.08. The Morgan fingerprint density at radius 2 is 1.70 bits per heavy atom. The minimum atomic E-state index is -4.88.